The van der Waals surface area contributed by atoms with E-state index in [-0.39, 0.29) is 18.1 Å². The predicted molar refractivity (Wildman–Crippen MR) is 96.3 cm³/mol. The maximum atomic E-state index is 12.5. The van der Waals surface area contributed by atoms with Crippen molar-refractivity contribution in [2.24, 2.45) is 0 Å². The maximum Gasteiger partial charge on any atom is 0.317 e. The molecular formula is C17H23N5OS. The number of anilines is 1. The van der Waals surface area contributed by atoms with Crippen molar-refractivity contribution in [1.29, 1.82) is 0 Å². The minimum atomic E-state index is -0.00897. The Hall–Kier alpha value is -2.15. The van der Waals surface area contributed by atoms with Crippen molar-refractivity contribution in [1.82, 2.24) is 20.2 Å². The number of carbonyl (C=O) groups excluding carboxylic acids is 1. The SMILES string of the molecule is CC(c1cccs1)N(C)C(=O)NC1CCN(c2ncccn2)CC1. The number of carbonyl (C=O) groups is 1. The molecule has 0 radical (unpaired) electrons. The van der Waals surface area contributed by atoms with Crippen LogP contribution in [0.1, 0.15) is 30.7 Å². The average Bonchev–Trinajstić information content (AvgIpc) is 3.16. The second kappa shape index (κ2) is 7.61. The van der Waals surface area contributed by atoms with E-state index >= 15 is 0 Å². The van der Waals surface area contributed by atoms with Gasteiger partial charge in [0.25, 0.3) is 0 Å². The molecule has 1 fully saturated rings. The first-order chi connectivity index (χ1) is 11.6. The molecule has 24 heavy (non-hydrogen) atoms. The summed E-state index contributed by atoms with van der Waals surface area (Å²) in [5, 5.41) is 5.20. The molecule has 7 heteroatoms. The Bertz CT molecular complexity index is 640. The monoisotopic (exact) mass is 345 g/mol. The molecule has 2 amide bonds. The smallest absolute Gasteiger partial charge is 0.317 e. The molecule has 0 aromatic carbocycles. The lowest BCUT2D eigenvalue weighted by molar-refractivity contribution is 0.188. The van der Waals surface area contributed by atoms with Crippen LogP contribution in [0.25, 0.3) is 0 Å². The summed E-state index contributed by atoms with van der Waals surface area (Å²) in [6.45, 7) is 3.78. The zero-order chi connectivity index (χ0) is 16.9. The van der Waals surface area contributed by atoms with Crippen LogP contribution in [0.2, 0.25) is 0 Å². The molecule has 1 aliphatic heterocycles. The van der Waals surface area contributed by atoms with Crippen LogP contribution in [0.15, 0.2) is 36.0 Å². The van der Waals surface area contributed by atoms with Gasteiger partial charge < -0.3 is 15.1 Å². The number of amides is 2. The van der Waals surface area contributed by atoms with Crippen molar-refractivity contribution in [3.8, 4) is 0 Å². The summed E-state index contributed by atoms with van der Waals surface area (Å²) in [5.74, 6) is 0.769. The quantitative estimate of drug-likeness (QED) is 0.925. The van der Waals surface area contributed by atoms with Gasteiger partial charge in [-0.3, -0.25) is 0 Å². The zero-order valence-corrected chi connectivity index (χ0v) is 14.9. The van der Waals surface area contributed by atoms with E-state index in [9.17, 15) is 4.79 Å². The fraction of sp³-hybridized carbons (Fsp3) is 0.471. The zero-order valence-electron chi connectivity index (χ0n) is 14.1. The molecule has 0 spiro atoms. The first kappa shape index (κ1) is 16.7. The van der Waals surface area contributed by atoms with Crippen LogP contribution in [0.3, 0.4) is 0 Å². The minimum Gasteiger partial charge on any atom is -0.341 e. The fourth-order valence-electron chi connectivity index (χ4n) is 2.85. The van der Waals surface area contributed by atoms with Crippen LogP contribution in [0.5, 0.6) is 0 Å². The van der Waals surface area contributed by atoms with Crippen molar-refractivity contribution < 1.29 is 4.79 Å². The van der Waals surface area contributed by atoms with Gasteiger partial charge in [-0.25, -0.2) is 14.8 Å². The van der Waals surface area contributed by atoms with Gasteiger partial charge in [0.1, 0.15) is 0 Å². The van der Waals surface area contributed by atoms with Crippen LogP contribution in [0.4, 0.5) is 10.7 Å². The Morgan fingerprint density at radius 1 is 1.33 bits per heavy atom. The highest BCUT2D eigenvalue weighted by atomic mass is 32.1. The lowest BCUT2D eigenvalue weighted by atomic mass is 10.1. The number of urea groups is 1. The summed E-state index contributed by atoms with van der Waals surface area (Å²) < 4.78 is 0. The minimum absolute atomic E-state index is 0.00897. The topological polar surface area (TPSA) is 61.4 Å². The lowest BCUT2D eigenvalue weighted by Crippen LogP contribution is -2.49. The number of thiophene rings is 1. The average molecular weight is 345 g/mol. The Balaban J connectivity index is 1.49. The standard InChI is InChI=1S/C17H23N5OS/c1-13(15-5-3-12-24-15)21(2)17(23)20-14-6-10-22(11-7-14)16-18-8-4-9-19-16/h3-5,8-9,12-14H,6-7,10-11H2,1-2H3,(H,20,23). The number of piperidine rings is 1. The molecule has 2 aromatic rings. The Labute approximate surface area is 146 Å². The van der Waals surface area contributed by atoms with Gasteiger partial charge >= 0.3 is 6.03 Å². The molecule has 1 atom stereocenters. The van der Waals surface area contributed by atoms with E-state index in [0.29, 0.717) is 0 Å². The Morgan fingerprint density at radius 2 is 2.04 bits per heavy atom. The molecule has 3 heterocycles. The second-order valence-electron chi connectivity index (χ2n) is 6.06. The number of hydrogen-bond donors (Lipinski definition) is 1. The molecule has 0 bridgehead atoms. The molecule has 0 aliphatic carbocycles. The van der Waals surface area contributed by atoms with Gasteiger partial charge in [-0.15, -0.1) is 11.3 Å². The summed E-state index contributed by atoms with van der Waals surface area (Å²) in [6.07, 6.45) is 5.34. The number of aromatic nitrogens is 2. The molecule has 1 saturated heterocycles. The summed E-state index contributed by atoms with van der Waals surface area (Å²) in [5.41, 5.74) is 0. The highest BCUT2D eigenvalue weighted by Gasteiger charge is 2.25. The van der Waals surface area contributed by atoms with E-state index in [4.69, 9.17) is 0 Å². The number of hydrogen-bond acceptors (Lipinski definition) is 5. The normalized spacial score (nSPS) is 16.7. The molecule has 1 unspecified atom stereocenters. The lowest BCUT2D eigenvalue weighted by Gasteiger charge is -2.34. The summed E-state index contributed by atoms with van der Waals surface area (Å²) in [7, 11) is 1.85. The second-order valence-corrected chi connectivity index (χ2v) is 7.04. The molecule has 0 saturated carbocycles. The number of rotatable bonds is 4. The first-order valence-electron chi connectivity index (χ1n) is 8.24. The highest BCUT2D eigenvalue weighted by molar-refractivity contribution is 7.10. The van der Waals surface area contributed by atoms with Crippen LogP contribution in [0, 0.1) is 0 Å². The van der Waals surface area contributed by atoms with E-state index in [1.807, 2.05) is 24.6 Å². The van der Waals surface area contributed by atoms with Crippen molar-refractivity contribution in [3.05, 3.63) is 40.8 Å². The molecule has 1 N–H and O–H groups in total. The van der Waals surface area contributed by atoms with E-state index in [1.54, 1.807) is 28.6 Å². The highest BCUT2D eigenvalue weighted by Crippen LogP contribution is 2.23. The van der Waals surface area contributed by atoms with Crippen LogP contribution in [-0.2, 0) is 0 Å². The molecule has 6 nitrogen and oxygen atoms in total. The number of nitrogens with one attached hydrogen (secondary N) is 1. The molecule has 1 aliphatic rings. The largest absolute Gasteiger partial charge is 0.341 e. The molecule has 3 rings (SSSR count). The molecule has 2 aromatic heterocycles. The van der Waals surface area contributed by atoms with E-state index in [0.717, 1.165) is 31.9 Å². The maximum absolute atomic E-state index is 12.5. The van der Waals surface area contributed by atoms with Crippen molar-refractivity contribution in [3.63, 3.8) is 0 Å². The van der Waals surface area contributed by atoms with Gasteiger partial charge in [0.15, 0.2) is 0 Å². The van der Waals surface area contributed by atoms with Gasteiger partial charge in [-0.1, -0.05) is 6.07 Å². The van der Waals surface area contributed by atoms with Gasteiger partial charge in [0.2, 0.25) is 5.95 Å². The third kappa shape index (κ3) is 3.84. The van der Waals surface area contributed by atoms with Crippen LogP contribution >= 0.6 is 11.3 Å². The third-order valence-electron chi connectivity index (χ3n) is 4.51. The van der Waals surface area contributed by atoms with Crippen LogP contribution < -0.4 is 10.2 Å². The summed E-state index contributed by atoms with van der Waals surface area (Å²) in [6, 6.07) is 6.19. The van der Waals surface area contributed by atoms with Gasteiger partial charge in [0, 0.05) is 43.4 Å². The van der Waals surface area contributed by atoms with Crippen LogP contribution in [-0.4, -0.2) is 47.1 Å². The van der Waals surface area contributed by atoms with Gasteiger partial charge in [-0.05, 0) is 37.3 Å². The molecule has 128 valence electrons. The Kier molecular flexibility index (Phi) is 5.30. The summed E-state index contributed by atoms with van der Waals surface area (Å²) in [4.78, 5) is 26.2. The van der Waals surface area contributed by atoms with Gasteiger partial charge in [-0.2, -0.15) is 0 Å². The predicted octanol–water partition coefficient (Wildman–Crippen LogP) is 2.91. The van der Waals surface area contributed by atoms with E-state index in [2.05, 4.69) is 33.2 Å². The van der Waals surface area contributed by atoms with Crippen molar-refractivity contribution >= 4 is 23.3 Å². The molecular weight excluding hydrogens is 322 g/mol. The summed E-state index contributed by atoms with van der Waals surface area (Å²) >= 11 is 1.68. The van der Waals surface area contributed by atoms with Crippen molar-refractivity contribution in [2.75, 3.05) is 25.0 Å². The first-order valence-corrected chi connectivity index (χ1v) is 9.12. The third-order valence-corrected chi connectivity index (χ3v) is 5.56. The van der Waals surface area contributed by atoms with E-state index < -0.39 is 0 Å². The van der Waals surface area contributed by atoms with Gasteiger partial charge in [0.05, 0.1) is 6.04 Å². The van der Waals surface area contributed by atoms with E-state index in [1.165, 1.54) is 4.88 Å². The fourth-order valence-corrected chi connectivity index (χ4v) is 3.68. The number of nitrogens with zero attached hydrogens (tertiary/aromatic N) is 4. The van der Waals surface area contributed by atoms with Crippen molar-refractivity contribution in [2.45, 2.75) is 31.8 Å². The Morgan fingerprint density at radius 3 is 2.67 bits per heavy atom.